The molecule has 0 atom stereocenters. The number of carbonyl (C=O) groups excluding carboxylic acids is 1. The average molecular weight is 290 g/mol. The second kappa shape index (κ2) is 6.15. The molecule has 0 amide bonds. The number of hydrogen-bond acceptors (Lipinski definition) is 3. The largest absolute Gasteiger partial charge is 0.573 e. The Morgan fingerprint density at radius 2 is 1.80 bits per heavy atom. The van der Waals surface area contributed by atoms with E-state index in [9.17, 15) is 18.0 Å². The summed E-state index contributed by atoms with van der Waals surface area (Å²) >= 11 is 0. The third-order valence-electron chi connectivity index (χ3n) is 2.66. The number of ether oxygens (including phenoxy) is 2. The second-order valence-corrected chi connectivity index (χ2v) is 4.94. The molecule has 0 saturated carbocycles. The quantitative estimate of drug-likeness (QED) is 0.775. The van der Waals surface area contributed by atoms with Crippen LogP contribution in [0.15, 0.2) is 24.3 Å². The standard InChI is InChI=1S/C14H17F3O3/c1-4-19-12(18)13(2,3)9-10-7-5-6-8-11(10)20-14(15,16)17/h5-8H,4,9H2,1-3H3. The highest BCUT2D eigenvalue weighted by atomic mass is 19.4. The summed E-state index contributed by atoms with van der Waals surface area (Å²) in [4.78, 5) is 11.8. The lowest BCUT2D eigenvalue weighted by Gasteiger charge is -2.23. The fraction of sp³-hybridized carbons (Fsp3) is 0.500. The molecule has 3 nitrogen and oxygen atoms in total. The van der Waals surface area contributed by atoms with Crippen LogP contribution in [0.5, 0.6) is 5.75 Å². The highest BCUT2D eigenvalue weighted by Gasteiger charge is 2.34. The molecule has 1 aromatic rings. The number of rotatable bonds is 5. The fourth-order valence-electron chi connectivity index (χ4n) is 1.75. The van der Waals surface area contributed by atoms with Crippen LogP contribution in [-0.4, -0.2) is 18.9 Å². The zero-order valence-electron chi connectivity index (χ0n) is 11.6. The molecule has 0 aromatic heterocycles. The molecule has 0 spiro atoms. The molecular formula is C14H17F3O3. The molecule has 0 heterocycles. The van der Waals surface area contributed by atoms with E-state index in [-0.39, 0.29) is 18.8 Å². The van der Waals surface area contributed by atoms with Crippen LogP contribution in [0, 0.1) is 5.41 Å². The van der Waals surface area contributed by atoms with E-state index in [0.717, 1.165) is 0 Å². The maximum absolute atomic E-state index is 12.3. The minimum atomic E-state index is -4.76. The van der Waals surface area contributed by atoms with Gasteiger partial charge in [0.05, 0.1) is 12.0 Å². The Bertz CT molecular complexity index is 467. The van der Waals surface area contributed by atoms with E-state index in [0.29, 0.717) is 5.56 Å². The summed E-state index contributed by atoms with van der Waals surface area (Å²) < 4.78 is 45.8. The highest BCUT2D eigenvalue weighted by Crippen LogP contribution is 2.32. The van der Waals surface area contributed by atoms with Crippen molar-refractivity contribution in [3.05, 3.63) is 29.8 Å². The number of alkyl halides is 3. The van der Waals surface area contributed by atoms with Crippen molar-refractivity contribution < 1.29 is 27.4 Å². The van der Waals surface area contributed by atoms with Crippen molar-refractivity contribution in [1.29, 1.82) is 0 Å². The summed E-state index contributed by atoms with van der Waals surface area (Å²) in [5.74, 6) is -0.751. The van der Waals surface area contributed by atoms with Crippen molar-refractivity contribution in [2.75, 3.05) is 6.61 Å². The van der Waals surface area contributed by atoms with Gasteiger partial charge < -0.3 is 9.47 Å². The Hall–Kier alpha value is -1.72. The lowest BCUT2D eigenvalue weighted by atomic mass is 9.85. The summed E-state index contributed by atoms with van der Waals surface area (Å²) in [6.07, 6.45) is -4.66. The van der Waals surface area contributed by atoms with E-state index >= 15 is 0 Å². The van der Waals surface area contributed by atoms with Gasteiger partial charge in [-0.15, -0.1) is 13.2 Å². The molecule has 0 fully saturated rings. The highest BCUT2D eigenvalue weighted by molar-refractivity contribution is 5.76. The zero-order chi connectivity index (χ0) is 15.4. The van der Waals surface area contributed by atoms with Gasteiger partial charge in [-0.25, -0.2) is 0 Å². The van der Waals surface area contributed by atoms with E-state index < -0.39 is 17.7 Å². The molecular weight excluding hydrogens is 273 g/mol. The molecule has 20 heavy (non-hydrogen) atoms. The summed E-state index contributed by atoms with van der Waals surface area (Å²) in [7, 11) is 0. The second-order valence-electron chi connectivity index (χ2n) is 4.94. The lowest BCUT2D eigenvalue weighted by molar-refractivity contribution is -0.274. The van der Waals surface area contributed by atoms with Gasteiger partial charge >= 0.3 is 12.3 Å². The zero-order valence-corrected chi connectivity index (χ0v) is 11.6. The molecule has 1 aromatic carbocycles. The number of carbonyl (C=O) groups is 1. The third kappa shape index (κ3) is 4.75. The molecule has 0 radical (unpaired) electrons. The van der Waals surface area contributed by atoms with Gasteiger partial charge in [-0.05, 0) is 38.8 Å². The maximum Gasteiger partial charge on any atom is 0.573 e. The summed E-state index contributed by atoms with van der Waals surface area (Å²) in [5.41, 5.74) is -0.621. The predicted octanol–water partition coefficient (Wildman–Crippen LogP) is 3.72. The van der Waals surface area contributed by atoms with E-state index in [1.807, 2.05) is 0 Å². The Morgan fingerprint density at radius 3 is 2.35 bits per heavy atom. The Kier molecular flexibility index (Phi) is 5.03. The van der Waals surface area contributed by atoms with Gasteiger partial charge in [-0.1, -0.05) is 18.2 Å². The molecule has 0 aliphatic rings. The molecule has 0 N–H and O–H groups in total. The first-order valence-electron chi connectivity index (χ1n) is 6.16. The fourth-order valence-corrected chi connectivity index (χ4v) is 1.75. The molecule has 0 unspecified atom stereocenters. The molecule has 112 valence electrons. The van der Waals surface area contributed by atoms with Crippen LogP contribution in [-0.2, 0) is 16.0 Å². The molecule has 0 saturated heterocycles. The number of para-hydroxylation sites is 1. The summed E-state index contributed by atoms with van der Waals surface area (Å²) in [5, 5.41) is 0. The summed E-state index contributed by atoms with van der Waals surface area (Å²) in [6.45, 7) is 5.14. The Balaban J connectivity index is 2.95. The van der Waals surface area contributed by atoms with Crippen LogP contribution >= 0.6 is 0 Å². The Labute approximate surface area is 115 Å². The third-order valence-corrected chi connectivity index (χ3v) is 2.66. The first kappa shape index (κ1) is 16.3. The van der Waals surface area contributed by atoms with Crippen molar-refractivity contribution in [3.8, 4) is 5.75 Å². The van der Waals surface area contributed by atoms with Gasteiger partial charge in [0.2, 0.25) is 0 Å². The summed E-state index contributed by atoms with van der Waals surface area (Å²) in [6, 6.07) is 5.77. The van der Waals surface area contributed by atoms with Crippen LogP contribution in [0.3, 0.4) is 0 Å². The minimum Gasteiger partial charge on any atom is -0.466 e. The number of benzene rings is 1. The van der Waals surface area contributed by atoms with Crippen molar-refractivity contribution in [2.24, 2.45) is 5.41 Å². The van der Waals surface area contributed by atoms with Gasteiger partial charge in [0.25, 0.3) is 0 Å². The van der Waals surface area contributed by atoms with Crippen LogP contribution in [0.2, 0.25) is 0 Å². The monoisotopic (exact) mass is 290 g/mol. The normalized spacial score (nSPS) is 12.1. The molecule has 0 aliphatic heterocycles. The van der Waals surface area contributed by atoms with Crippen LogP contribution in [0.25, 0.3) is 0 Å². The maximum atomic E-state index is 12.3. The number of esters is 1. The van der Waals surface area contributed by atoms with Crippen molar-refractivity contribution in [1.82, 2.24) is 0 Å². The SMILES string of the molecule is CCOC(=O)C(C)(C)Cc1ccccc1OC(F)(F)F. The molecule has 0 bridgehead atoms. The van der Waals surface area contributed by atoms with Gasteiger partial charge in [-0.2, -0.15) is 0 Å². The predicted molar refractivity (Wildman–Crippen MR) is 67.2 cm³/mol. The van der Waals surface area contributed by atoms with E-state index in [2.05, 4.69) is 4.74 Å². The molecule has 1 rings (SSSR count). The van der Waals surface area contributed by atoms with Crippen LogP contribution in [0.1, 0.15) is 26.3 Å². The number of hydrogen-bond donors (Lipinski definition) is 0. The number of halogens is 3. The van der Waals surface area contributed by atoms with E-state index in [1.54, 1.807) is 26.8 Å². The topological polar surface area (TPSA) is 35.5 Å². The van der Waals surface area contributed by atoms with Gasteiger partial charge in [0.1, 0.15) is 5.75 Å². The molecule has 0 aliphatic carbocycles. The minimum absolute atomic E-state index is 0.0953. The van der Waals surface area contributed by atoms with Gasteiger partial charge in [-0.3, -0.25) is 4.79 Å². The van der Waals surface area contributed by atoms with E-state index in [4.69, 9.17) is 4.74 Å². The smallest absolute Gasteiger partial charge is 0.466 e. The van der Waals surface area contributed by atoms with Gasteiger partial charge in [0, 0.05) is 0 Å². The lowest BCUT2D eigenvalue weighted by Crippen LogP contribution is -2.29. The first-order chi connectivity index (χ1) is 9.15. The van der Waals surface area contributed by atoms with Crippen molar-refractivity contribution >= 4 is 5.97 Å². The van der Waals surface area contributed by atoms with Crippen molar-refractivity contribution in [3.63, 3.8) is 0 Å². The molecule has 6 heteroatoms. The first-order valence-corrected chi connectivity index (χ1v) is 6.16. The Morgan fingerprint density at radius 1 is 1.20 bits per heavy atom. The van der Waals surface area contributed by atoms with Crippen LogP contribution in [0.4, 0.5) is 13.2 Å². The average Bonchev–Trinajstić information content (AvgIpc) is 2.30. The van der Waals surface area contributed by atoms with Crippen molar-refractivity contribution in [2.45, 2.75) is 33.6 Å². The van der Waals surface area contributed by atoms with Crippen LogP contribution < -0.4 is 4.74 Å². The van der Waals surface area contributed by atoms with E-state index in [1.165, 1.54) is 18.2 Å². The van der Waals surface area contributed by atoms with Gasteiger partial charge in [0.15, 0.2) is 0 Å².